The summed E-state index contributed by atoms with van der Waals surface area (Å²) < 4.78 is 26.5. The van der Waals surface area contributed by atoms with Crippen molar-refractivity contribution in [2.75, 3.05) is 6.54 Å². The lowest BCUT2D eigenvalue weighted by Gasteiger charge is -2.19. The molecule has 1 aromatic carbocycles. The first-order chi connectivity index (χ1) is 10.4. The van der Waals surface area contributed by atoms with Crippen LogP contribution in [0.5, 0.6) is 0 Å². The van der Waals surface area contributed by atoms with E-state index in [2.05, 4.69) is 10.0 Å². The number of nitrogens with one attached hydrogen (secondary N) is 2. The summed E-state index contributed by atoms with van der Waals surface area (Å²) in [6.45, 7) is 2.02. The number of carbonyl (C=O) groups is 1. The van der Waals surface area contributed by atoms with E-state index in [0.29, 0.717) is 18.0 Å². The van der Waals surface area contributed by atoms with Crippen LogP contribution in [0.4, 0.5) is 0 Å². The summed E-state index contributed by atoms with van der Waals surface area (Å²) >= 11 is 0. The molecule has 0 saturated heterocycles. The second-order valence-electron chi connectivity index (χ2n) is 5.78. The number of carbonyl (C=O) groups excluding carboxylic acids is 1. The maximum atomic E-state index is 12.1. The van der Waals surface area contributed by atoms with Crippen molar-refractivity contribution in [3.63, 3.8) is 0 Å². The second kappa shape index (κ2) is 7.21. The van der Waals surface area contributed by atoms with Gasteiger partial charge in [0.25, 0.3) is 5.91 Å². The van der Waals surface area contributed by atoms with E-state index in [-0.39, 0.29) is 5.75 Å². The maximum Gasteiger partial charge on any atom is 0.250 e. The molecule has 1 aliphatic carbocycles. The minimum Gasteiger partial charge on any atom is -0.382 e. The van der Waals surface area contributed by atoms with Crippen LogP contribution >= 0.6 is 0 Å². The normalized spacial score (nSPS) is 17.7. The Morgan fingerprint density at radius 2 is 1.95 bits per heavy atom. The molecule has 1 aromatic rings. The summed E-state index contributed by atoms with van der Waals surface area (Å²) in [7, 11) is -3.62. The highest BCUT2D eigenvalue weighted by molar-refractivity contribution is 7.88. The molecule has 7 heteroatoms. The molecule has 0 aliphatic heterocycles. The molecule has 0 bridgehead atoms. The zero-order chi connectivity index (χ0) is 16.2. The van der Waals surface area contributed by atoms with E-state index < -0.39 is 28.1 Å². The Hall–Kier alpha value is -1.44. The first-order valence-electron chi connectivity index (χ1n) is 7.37. The minimum absolute atomic E-state index is 0.186. The first kappa shape index (κ1) is 16.9. The standard InChI is InChI=1S/C15H22N2O4S/c1-11(14(18)15(19)16-9-12-7-8-12)17-22(20,21)10-13-5-3-2-4-6-13/h2-6,11-12,14,17-18H,7-10H2,1H3,(H,16,19). The minimum atomic E-state index is -3.62. The summed E-state index contributed by atoms with van der Waals surface area (Å²) in [5.74, 6) is -0.225. The highest BCUT2D eigenvalue weighted by Crippen LogP contribution is 2.27. The van der Waals surface area contributed by atoms with Crippen molar-refractivity contribution in [3.8, 4) is 0 Å². The molecule has 1 saturated carbocycles. The van der Waals surface area contributed by atoms with Gasteiger partial charge in [-0.3, -0.25) is 4.79 Å². The van der Waals surface area contributed by atoms with E-state index in [0.717, 1.165) is 12.8 Å². The Morgan fingerprint density at radius 1 is 1.32 bits per heavy atom. The van der Waals surface area contributed by atoms with Crippen LogP contribution in [0.2, 0.25) is 0 Å². The molecule has 122 valence electrons. The molecular weight excluding hydrogens is 304 g/mol. The summed E-state index contributed by atoms with van der Waals surface area (Å²) in [4.78, 5) is 11.8. The van der Waals surface area contributed by atoms with E-state index in [1.807, 2.05) is 0 Å². The third-order valence-electron chi connectivity index (χ3n) is 3.57. The Morgan fingerprint density at radius 3 is 2.55 bits per heavy atom. The third kappa shape index (κ3) is 5.40. The number of hydrogen-bond donors (Lipinski definition) is 3. The second-order valence-corrected chi connectivity index (χ2v) is 7.54. The quantitative estimate of drug-likeness (QED) is 0.644. The molecule has 22 heavy (non-hydrogen) atoms. The third-order valence-corrected chi connectivity index (χ3v) is 5.01. The van der Waals surface area contributed by atoms with Gasteiger partial charge < -0.3 is 10.4 Å². The molecule has 1 aliphatic rings. The fraction of sp³-hybridized carbons (Fsp3) is 0.533. The molecule has 3 N–H and O–H groups in total. The molecule has 6 nitrogen and oxygen atoms in total. The number of sulfonamides is 1. The van der Waals surface area contributed by atoms with Gasteiger partial charge in [-0.2, -0.15) is 0 Å². The first-order valence-corrected chi connectivity index (χ1v) is 9.02. The monoisotopic (exact) mass is 326 g/mol. The van der Waals surface area contributed by atoms with Gasteiger partial charge in [-0.05, 0) is 31.2 Å². The van der Waals surface area contributed by atoms with Crippen molar-refractivity contribution in [1.29, 1.82) is 0 Å². The van der Waals surface area contributed by atoms with Crippen LogP contribution in [0.1, 0.15) is 25.3 Å². The lowest BCUT2D eigenvalue weighted by Crippen LogP contribution is -2.49. The number of hydrogen-bond acceptors (Lipinski definition) is 4. The highest BCUT2D eigenvalue weighted by atomic mass is 32.2. The van der Waals surface area contributed by atoms with Crippen molar-refractivity contribution in [2.24, 2.45) is 5.92 Å². The van der Waals surface area contributed by atoms with E-state index in [1.165, 1.54) is 6.92 Å². The zero-order valence-corrected chi connectivity index (χ0v) is 13.3. The molecule has 1 amide bonds. The molecular formula is C15H22N2O4S. The number of amides is 1. The largest absolute Gasteiger partial charge is 0.382 e. The van der Waals surface area contributed by atoms with Gasteiger partial charge in [-0.1, -0.05) is 30.3 Å². The fourth-order valence-corrected chi connectivity index (χ4v) is 3.49. The summed E-state index contributed by atoms with van der Waals surface area (Å²) in [6.07, 6.45) is 0.787. The molecule has 0 heterocycles. The van der Waals surface area contributed by atoms with Crippen LogP contribution in [-0.2, 0) is 20.6 Å². The van der Waals surface area contributed by atoms with Gasteiger partial charge in [0.05, 0.1) is 11.8 Å². The van der Waals surface area contributed by atoms with Gasteiger partial charge in [-0.15, -0.1) is 0 Å². The van der Waals surface area contributed by atoms with Crippen LogP contribution in [0.25, 0.3) is 0 Å². The average molecular weight is 326 g/mol. The molecule has 2 atom stereocenters. The van der Waals surface area contributed by atoms with E-state index in [4.69, 9.17) is 0 Å². The predicted octanol–water partition coefficient (Wildman–Crippen LogP) is 0.382. The summed E-state index contributed by atoms with van der Waals surface area (Å²) in [5.41, 5.74) is 0.648. The number of rotatable bonds is 8. The van der Waals surface area contributed by atoms with Crippen LogP contribution in [0, 0.1) is 5.92 Å². The Labute approximate surface area is 131 Å². The summed E-state index contributed by atoms with van der Waals surface area (Å²) in [5, 5.41) is 12.5. The highest BCUT2D eigenvalue weighted by Gasteiger charge is 2.28. The van der Waals surface area contributed by atoms with Gasteiger partial charge >= 0.3 is 0 Å². The van der Waals surface area contributed by atoms with Gasteiger partial charge in [0, 0.05) is 6.54 Å². The number of benzene rings is 1. The Balaban J connectivity index is 1.85. The fourth-order valence-electron chi connectivity index (χ4n) is 2.08. The topological polar surface area (TPSA) is 95.5 Å². The van der Waals surface area contributed by atoms with Gasteiger partial charge in [0.1, 0.15) is 6.10 Å². The average Bonchev–Trinajstić information content (AvgIpc) is 3.28. The lowest BCUT2D eigenvalue weighted by molar-refractivity contribution is -0.130. The predicted molar refractivity (Wildman–Crippen MR) is 83.4 cm³/mol. The van der Waals surface area contributed by atoms with Gasteiger partial charge in [0.15, 0.2) is 0 Å². The maximum absolute atomic E-state index is 12.1. The van der Waals surface area contributed by atoms with E-state index in [1.54, 1.807) is 30.3 Å². The molecule has 0 aromatic heterocycles. The van der Waals surface area contributed by atoms with Crippen molar-refractivity contribution in [3.05, 3.63) is 35.9 Å². The SMILES string of the molecule is CC(NS(=O)(=O)Cc1ccccc1)C(O)C(=O)NCC1CC1. The van der Waals surface area contributed by atoms with Crippen molar-refractivity contribution < 1.29 is 18.3 Å². The van der Waals surface area contributed by atoms with Crippen molar-refractivity contribution in [1.82, 2.24) is 10.0 Å². The van der Waals surface area contributed by atoms with Crippen molar-refractivity contribution in [2.45, 2.75) is 37.7 Å². The van der Waals surface area contributed by atoms with Gasteiger partial charge in [-0.25, -0.2) is 13.1 Å². The summed E-state index contributed by atoms with van der Waals surface area (Å²) in [6, 6.07) is 7.86. The van der Waals surface area contributed by atoms with Gasteiger partial charge in [0.2, 0.25) is 10.0 Å². The molecule has 1 fully saturated rings. The van der Waals surface area contributed by atoms with Crippen LogP contribution < -0.4 is 10.0 Å². The Kier molecular flexibility index (Phi) is 5.55. The van der Waals surface area contributed by atoms with E-state index in [9.17, 15) is 18.3 Å². The zero-order valence-electron chi connectivity index (χ0n) is 12.5. The van der Waals surface area contributed by atoms with Crippen LogP contribution in [0.15, 0.2) is 30.3 Å². The van der Waals surface area contributed by atoms with Crippen LogP contribution in [0.3, 0.4) is 0 Å². The molecule has 2 unspecified atom stereocenters. The van der Waals surface area contributed by atoms with Crippen molar-refractivity contribution >= 4 is 15.9 Å². The number of aliphatic hydroxyl groups is 1. The van der Waals surface area contributed by atoms with E-state index >= 15 is 0 Å². The molecule has 0 spiro atoms. The molecule has 2 rings (SSSR count). The molecule has 0 radical (unpaired) electrons. The Bertz CT molecular complexity index is 599. The lowest BCUT2D eigenvalue weighted by atomic mass is 10.2. The smallest absolute Gasteiger partial charge is 0.250 e. The number of aliphatic hydroxyl groups excluding tert-OH is 1. The van der Waals surface area contributed by atoms with Crippen LogP contribution in [-0.4, -0.2) is 38.1 Å².